The molecular formula is C13H26N2O2. The maximum Gasteiger partial charge on any atom is 0.0779 e. The van der Waals surface area contributed by atoms with Gasteiger partial charge in [-0.15, -0.1) is 0 Å². The van der Waals surface area contributed by atoms with Gasteiger partial charge in [0, 0.05) is 32.3 Å². The van der Waals surface area contributed by atoms with Gasteiger partial charge in [-0.2, -0.15) is 0 Å². The topological polar surface area (TPSA) is 56.5 Å². The second-order valence-electron chi connectivity index (χ2n) is 5.60. The van der Waals surface area contributed by atoms with Crippen LogP contribution in [0.15, 0.2) is 0 Å². The third kappa shape index (κ3) is 3.65. The van der Waals surface area contributed by atoms with E-state index < -0.39 is 0 Å². The number of hydrogen-bond acceptors (Lipinski definition) is 4. The Morgan fingerprint density at radius 1 is 1.41 bits per heavy atom. The summed E-state index contributed by atoms with van der Waals surface area (Å²) in [6.45, 7) is 6.45. The van der Waals surface area contributed by atoms with E-state index in [1.807, 2.05) is 0 Å². The molecule has 2 rings (SSSR count). The molecule has 4 heteroatoms. The number of rotatable bonds is 5. The molecule has 0 radical (unpaired) electrons. The SMILES string of the molecule is CC1(CNC(CN)C2CCCOC2)CCCO1. The molecule has 0 aliphatic carbocycles. The second kappa shape index (κ2) is 6.14. The van der Waals surface area contributed by atoms with Gasteiger partial charge in [-0.05, 0) is 38.5 Å². The van der Waals surface area contributed by atoms with Crippen molar-refractivity contribution in [3.8, 4) is 0 Å². The van der Waals surface area contributed by atoms with Crippen LogP contribution in [-0.2, 0) is 9.47 Å². The molecule has 0 spiro atoms. The maximum atomic E-state index is 5.87. The molecule has 0 aromatic heterocycles. The molecule has 3 N–H and O–H groups in total. The van der Waals surface area contributed by atoms with Crippen LogP contribution in [0, 0.1) is 5.92 Å². The Kier molecular flexibility index (Phi) is 4.79. The monoisotopic (exact) mass is 242 g/mol. The Morgan fingerprint density at radius 2 is 2.29 bits per heavy atom. The van der Waals surface area contributed by atoms with Crippen molar-refractivity contribution in [2.75, 3.05) is 32.9 Å². The molecule has 100 valence electrons. The van der Waals surface area contributed by atoms with E-state index in [-0.39, 0.29) is 5.60 Å². The summed E-state index contributed by atoms with van der Waals surface area (Å²) in [5.41, 5.74) is 5.89. The smallest absolute Gasteiger partial charge is 0.0779 e. The molecule has 3 unspecified atom stereocenters. The summed E-state index contributed by atoms with van der Waals surface area (Å²) >= 11 is 0. The lowest BCUT2D eigenvalue weighted by Gasteiger charge is -2.33. The fraction of sp³-hybridized carbons (Fsp3) is 1.00. The summed E-state index contributed by atoms with van der Waals surface area (Å²) in [4.78, 5) is 0. The predicted octanol–water partition coefficient (Wildman–Crippen LogP) is 0.899. The largest absolute Gasteiger partial charge is 0.381 e. The number of ether oxygens (including phenoxy) is 2. The van der Waals surface area contributed by atoms with Crippen LogP contribution < -0.4 is 11.1 Å². The minimum Gasteiger partial charge on any atom is -0.381 e. The van der Waals surface area contributed by atoms with Gasteiger partial charge in [0.2, 0.25) is 0 Å². The van der Waals surface area contributed by atoms with Gasteiger partial charge in [-0.1, -0.05) is 0 Å². The minimum absolute atomic E-state index is 0.0168. The van der Waals surface area contributed by atoms with E-state index in [1.165, 1.54) is 12.8 Å². The molecule has 2 aliphatic heterocycles. The van der Waals surface area contributed by atoms with E-state index >= 15 is 0 Å². The van der Waals surface area contributed by atoms with E-state index in [9.17, 15) is 0 Å². The molecule has 0 aromatic rings. The number of nitrogens with one attached hydrogen (secondary N) is 1. The first kappa shape index (κ1) is 13.3. The van der Waals surface area contributed by atoms with Gasteiger partial charge in [0.15, 0.2) is 0 Å². The van der Waals surface area contributed by atoms with Crippen molar-refractivity contribution in [3.63, 3.8) is 0 Å². The van der Waals surface area contributed by atoms with Crippen molar-refractivity contribution in [1.29, 1.82) is 0 Å². The van der Waals surface area contributed by atoms with Gasteiger partial charge in [-0.25, -0.2) is 0 Å². The molecule has 0 saturated carbocycles. The van der Waals surface area contributed by atoms with Crippen LogP contribution >= 0.6 is 0 Å². The highest BCUT2D eigenvalue weighted by Gasteiger charge is 2.31. The molecule has 17 heavy (non-hydrogen) atoms. The first-order valence-corrected chi connectivity index (χ1v) is 6.89. The predicted molar refractivity (Wildman–Crippen MR) is 68.0 cm³/mol. The van der Waals surface area contributed by atoms with E-state index in [4.69, 9.17) is 15.2 Å². The lowest BCUT2D eigenvalue weighted by Crippen LogP contribution is -2.50. The van der Waals surface area contributed by atoms with Crippen molar-refractivity contribution < 1.29 is 9.47 Å². The van der Waals surface area contributed by atoms with Gasteiger partial charge in [0.05, 0.1) is 12.2 Å². The van der Waals surface area contributed by atoms with E-state index in [0.29, 0.717) is 18.5 Å². The molecular weight excluding hydrogens is 216 g/mol. The molecule has 0 aromatic carbocycles. The zero-order valence-electron chi connectivity index (χ0n) is 10.9. The highest BCUT2D eigenvalue weighted by Crippen LogP contribution is 2.25. The van der Waals surface area contributed by atoms with E-state index in [1.54, 1.807) is 0 Å². The Morgan fingerprint density at radius 3 is 2.88 bits per heavy atom. The van der Waals surface area contributed by atoms with E-state index in [0.717, 1.165) is 39.2 Å². The van der Waals surface area contributed by atoms with Crippen molar-refractivity contribution >= 4 is 0 Å². The molecule has 0 bridgehead atoms. The van der Waals surface area contributed by atoms with Crippen LogP contribution in [0.4, 0.5) is 0 Å². The Balaban J connectivity index is 1.78. The second-order valence-corrected chi connectivity index (χ2v) is 5.60. The van der Waals surface area contributed by atoms with Gasteiger partial charge in [0.1, 0.15) is 0 Å². The average Bonchev–Trinajstić information content (AvgIpc) is 2.79. The third-order valence-corrected chi connectivity index (χ3v) is 4.06. The molecule has 3 atom stereocenters. The fourth-order valence-electron chi connectivity index (χ4n) is 2.85. The van der Waals surface area contributed by atoms with E-state index in [2.05, 4.69) is 12.2 Å². The summed E-state index contributed by atoms with van der Waals surface area (Å²) in [7, 11) is 0. The zero-order valence-corrected chi connectivity index (χ0v) is 10.9. The molecule has 2 fully saturated rings. The van der Waals surface area contributed by atoms with Crippen molar-refractivity contribution in [2.45, 2.75) is 44.2 Å². The molecule has 2 heterocycles. The van der Waals surface area contributed by atoms with Crippen LogP contribution in [0.25, 0.3) is 0 Å². The van der Waals surface area contributed by atoms with Crippen LogP contribution in [-0.4, -0.2) is 44.6 Å². The number of hydrogen-bond donors (Lipinski definition) is 2. The Labute approximate surface area is 104 Å². The normalized spacial score (nSPS) is 36.0. The van der Waals surface area contributed by atoms with Crippen molar-refractivity contribution in [3.05, 3.63) is 0 Å². The highest BCUT2D eigenvalue weighted by atomic mass is 16.5. The fourth-order valence-corrected chi connectivity index (χ4v) is 2.85. The summed E-state index contributed by atoms with van der Waals surface area (Å²) in [6, 6.07) is 0.372. The first-order valence-electron chi connectivity index (χ1n) is 6.89. The lowest BCUT2D eigenvalue weighted by molar-refractivity contribution is 0.00793. The lowest BCUT2D eigenvalue weighted by atomic mass is 9.92. The van der Waals surface area contributed by atoms with Crippen LogP contribution in [0.5, 0.6) is 0 Å². The Hall–Kier alpha value is -0.160. The van der Waals surface area contributed by atoms with Crippen molar-refractivity contribution in [2.24, 2.45) is 11.7 Å². The van der Waals surface area contributed by atoms with Crippen molar-refractivity contribution in [1.82, 2.24) is 5.32 Å². The minimum atomic E-state index is 0.0168. The van der Waals surface area contributed by atoms with Gasteiger partial charge >= 0.3 is 0 Å². The molecule has 2 saturated heterocycles. The quantitative estimate of drug-likeness (QED) is 0.752. The average molecular weight is 242 g/mol. The molecule has 0 amide bonds. The summed E-state index contributed by atoms with van der Waals surface area (Å²) < 4.78 is 11.3. The third-order valence-electron chi connectivity index (χ3n) is 4.06. The van der Waals surface area contributed by atoms with Crippen LogP contribution in [0.2, 0.25) is 0 Å². The molecule has 2 aliphatic rings. The van der Waals surface area contributed by atoms with Gasteiger partial charge < -0.3 is 20.5 Å². The van der Waals surface area contributed by atoms with Crippen LogP contribution in [0.1, 0.15) is 32.6 Å². The Bertz CT molecular complexity index is 223. The summed E-state index contributed by atoms with van der Waals surface area (Å²) in [6.07, 6.45) is 4.72. The first-order chi connectivity index (χ1) is 8.23. The van der Waals surface area contributed by atoms with Crippen LogP contribution in [0.3, 0.4) is 0 Å². The van der Waals surface area contributed by atoms with Gasteiger partial charge in [0.25, 0.3) is 0 Å². The standard InChI is InChI=1S/C13H26N2O2/c1-13(5-3-7-17-13)10-15-12(8-14)11-4-2-6-16-9-11/h11-12,15H,2-10,14H2,1H3. The molecule has 4 nitrogen and oxygen atoms in total. The van der Waals surface area contributed by atoms with Gasteiger partial charge in [-0.3, -0.25) is 0 Å². The summed E-state index contributed by atoms with van der Waals surface area (Å²) in [5, 5.41) is 3.59. The maximum absolute atomic E-state index is 5.87. The summed E-state index contributed by atoms with van der Waals surface area (Å²) in [5.74, 6) is 0.568. The highest BCUT2D eigenvalue weighted by molar-refractivity contribution is 4.87. The number of nitrogens with two attached hydrogens (primary N) is 1. The zero-order chi connectivity index (χ0) is 12.1.